The third-order valence-corrected chi connectivity index (χ3v) is 12.1. The number of nitrogens with zero attached hydrogens (tertiary/aromatic N) is 2. The zero-order valence-electron chi connectivity index (χ0n) is 21.3. The molecule has 6 atom stereocenters. The van der Waals surface area contributed by atoms with Crippen LogP contribution in [-0.2, 0) is 24.1 Å². The van der Waals surface area contributed by atoms with E-state index in [1.54, 1.807) is 6.92 Å². The lowest BCUT2D eigenvalue weighted by Gasteiger charge is -2.54. The molecule has 2 heterocycles. The number of piperazine rings is 1. The minimum atomic E-state index is -3.00. The number of hydrogen-bond donors (Lipinski definition) is 0. The van der Waals surface area contributed by atoms with Gasteiger partial charge in [0.2, 0.25) is 5.91 Å². The lowest BCUT2D eigenvalue weighted by molar-refractivity contribution is -0.143. The third-order valence-electron chi connectivity index (χ3n) is 9.34. The number of rotatable bonds is 4. The zero-order valence-corrected chi connectivity index (χ0v) is 22.1. The average molecular weight is 511 g/mol. The first kappa shape index (κ1) is 25.3. The van der Waals surface area contributed by atoms with E-state index in [9.17, 15) is 18.0 Å². The second kappa shape index (κ2) is 10.2. The molecule has 3 aliphatic carbocycles. The molecule has 3 saturated carbocycles. The Morgan fingerprint density at radius 2 is 1.57 bits per heavy atom. The Morgan fingerprint density at radius 1 is 0.857 bits per heavy atom. The van der Waals surface area contributed by atoms with Crippen LogP contribution in [0.2, 0.25) is 0 Å². The van der Waals surface area contributed by atoms with Crippen LogP contribution in [0.1, 0.15) is 84.5 Å². The molecule has 9 heteroatoms. The van der Waals surface area contributed by atoms with Gasteiger partial charge in [0.1, 0.15) is 6.10 Å². The quantitative estimate of drug-likeness (QED) is 0.574. The van der Waals surface area contributed by atoms with Crippen LogP contribution in [0.5, 0.6) is 0 Å². The minimum Gasteiger partial charge on any atom is -0.446 e. The first-order chi connectivity index (χ1) is 16.8. The fraction of sp³-hybridized carbons (Fsp3) is 0.923. The molecule has 0 radical (unpaired) electrons. The smallest absolute Gasteiger partial charge is 0.410 e. The molecule has 5 rings (SSSR count). The Morgan fingerprint density at radius 3 is 2.26 bits per heavy atom. The van der Waals surface area contributed by atoms with Crippen molar-refractivity contribution >= 4 is 21.8 Å². The summed E-state index contributed by atoms with van der Waals surface area (Å²) in [7, 11) is -3.00. The van der Waals surface area contributed by atoms with Gasteiger partial charge in [-0.15, -0.1) is 0 Å². The van der Waals surface area contributed by atoms with Crippen molar-refractivity contribution in [1.29, 1.82) is 0 Å². The van der Waals surface area contributed by atoms with Crippen molar-refractivity contribution in [3.63, 3.8) is 0 Å². The molecule has 0 bridgehead atoms. The number of carbonyl (C=O) groups excluding carboxylic acids is 2. The van der Waals surface area contributed by atoms with E-state index >= 15 is 0 Å². The highest BCUT2D eigenvalue weighted by atomic mass is 32.2. The summed E-state index contributed by atoms with van der Waals surface area (Å²) >= 11 is 0. The normalized spacial score (nSPS) is 37.0. The van der Waals surface area contributed by atoms with Crippen LogP contribution in [0, 0.1) is 11.8 Å². The molecule has 0 aromatic heterocycles. The second-order valence-electron chi connectivity index (χ2n) is 11.7. The lowest BCUT2D eigenvalue weighted by atomic mass is 9.69. The van der Waals surface area contributed by atoms with Gasteiger partial charge in [-0.3, -0.25) is 4.79 Å². The van der Waals surface area contributed by atoms with Crippen molar-refractivity contribution in [1.82, 2.24) is 9.80 Å². The number of amides is 2. The van der Waals surface area contributed by atoms with Gasteiger partial charge in [0, 0.05) is 32.4 Å². The molecule has 2 saturated heterocycles. The van der Waals surface area contributed by atoms with E-state index in [0.717, 1.165) is 70.6 Å². The van der Waals surface area contributed by atoms with Crippen LogP contribution in [0.3, 0.4) is 0 Å². The van der Waals surface area contributed by atoms with Gasteiger partial charge in [0.25, 0.3) is 0 Å². The topological polar surface area (TPSA) is 93.2 Å². The average Bonchev–Trinajstić information content (AvgIpc) is 3.70. The van der Waals surface area contributed by atoms with E-state index in [4.69, 9.17) is 9.47 Å². The van der Waals surface area contributed by atoms with Crippen molar-refractivity contribution in [3.05, 3.63) is 0 Å². The molecule has 8 nitrogen and oxygen atoms in total. The summed E-state index contributed by atoms with van der Waals surface area (Å²) in [5.74, 6) is 0.826. The van der Waals surface area contributed by atoms with Crippen LogP contribution in [0.25, 0.3) is 0 Å². The minimum absolute atomic E-state index is 0.00400. The van der Waals surface area contributed by atoms with E-state index < -0.39 is 9.84 Å². The second-order valence-corrected chi connectivity index (χ2v) is 14.2. The fourth-order valence-corrected chi connectivity index (χ4v) is 9.77. The highest BCUT2D eigenvalue weighted by Crippen LogP contribution is 2.45. The maximum atomic E-state index is 13.4. The third kappa shape index (κ3) is 5.22. The maximum Gasteiger partial charge on any atom is 0.410 e. The molecule has 5 fully saturated rings. The molecular weight excluding hydrogens is 468 g/mol. The van der Waals surface area contributed by atoms with Gasteiger partial charge in [-0.05, 0) is 63.7 Å². The van der Waals surface area contributed by atoms with Gasteiger partial charge >= 0.3 is 6.09 Å². The Kier molecular flexibility index (Phi) is 7.37. The summed E-state index contributed by atoms with van der Waals surface area (Å²) in [6.07, 6.45) is 9.02. The number of hydrogen-bond acceptors (Lipinski definition) is 6. The van der Waals surface area contributed by atoms with Gasteiger partial charge in [-0.2, -0.15) is 0 Å². The highest BCUT2D eigenvalue weighted by molar-refractivity contribution is 7.92. The van der Waals surface area contributed by atoms with Crippen molar-refractivity contribution in [2.75, 3.05) is 19.8 Å². The zero-order chi connectivity index (χ0) is 24.7. The van der Waals surface area contributed by atoms with Gasteiger partial charge in [-0.1, -0.05) is 12.8 Å². The predicted octanol–water partition coefficient (Wildman–Crippen LogP) is 3.53. The molecule has 2 amide bonds. The van der Waals surface area contributed by atoms with Crippen molar-refractivity contribution in [3.8, 4) is 0 Å². The molecule has 0 aromatic rings. The number of ether oxygens (including phenoxy) is 2. The summed E-state index contributed by atoms with van der Waals surface area (Å²) in [6.45, 7) is 5.37. The monoisotopic (exact) mass is 510 g/mol. The van der Waals surface area contributed by atoms with E-state index in [2.05, 4.69) is 0 Å². The summed E-state index contributed by atoms with van der Waals surface area (Å²) in [5.41, 5.74) is 0. The van der Waals surface area contributed by atoms with Gasteiger partial charge in [0.15, 0.2) is 9.84 Å². The molecule has 2 aliphatic heterocycles. The fourth-order valence-electron chi connectivity index (χ4n) is 7.42. The van der Waals surface area contributed by atoms with Gasteiger partial charge < -0.3 is 19.3 Å². The molecule has 0 aromatic carbocycles. The van der Waals surface area contributed by atoms with Crippen LogP contribution >= 0.6 is 0 Å². The largest absolute Gasteiger partial charge is 0.446 e. The van der Waals surface area contributed by atoms with Crippen LogP contribution < -0.4 is 0 Å². The van der Waals surface area contributed by atoms with E-state index in [1.807, 2.05) is 16.7 Å². The number of sulfone groups is 1. The van der Waals surface area contributed by atoms with E-state index in [1.165, 1.54) is 0 Å². The number of fused-ring (bicyclic) bond motifs is 1. The summed E-state index contributed by atoms with van der Waals surface area (Å²) in [6, 6.07) is -0.110. The Hall–Kier alpha value is -1.35. The predicted molar refractivity (Wildman–Crippen MR) is 132 cm³/mol. The molecular formula is C26H42N2O6S. The van der Waals surface area contributed by atoms with Crippen molar-refractivity contribution in [2.24, 2.45) is 11.8 Å². The summed E-state index contributed by atoms with van der Waals surface area (Å²) in [5, 5.41) is -0.289. The lowest BCUT2D eigenvalue weighted by Crippen LogP contribution is -2.67. The summed E-state index contributed by atoms with van der Waals surface area (Å²) in [4.78, 5) is 29.8. The first-order valence-corrected chi connectivity index (χ1v) is 15.4. The SMILES string of the molecule is CC(=O)N1C2CCC(C3CCCC(S(=O)(=O)C4CC4)C3)CC2N(C(=O)OC2CCOCC2)C[C@@H]1C. The van der Waals surface area contributed by atoms with Crippen molar-refractivity contribution < 1.29 is 27.5 Å². The Labute approximate surface area is 210 Å². The molecule has 0 N–H and O–H groups in total. The molecule has 198 valence electrons. The number of carbonyl (C=O) groups is 2. The van der Waals surface area contributed by atoms with Crippen LogP contribution in [0.15, 0.2) is 0 Å². The van der Waals surface area contributed by atoms with Crippen LogP contribution in [0.4, 0.5) is 4.79 Å². The highest BCUT2D eigenvalue weighted by Gasteiger charge is 2.49. The maximum absolute atomic E-state index is 13.4. The molecule has 0 spiro atoms. The summed E-state index contributed by atoms with van der Waals surface area (Å²) < 4.78 is 37.3. The molecule has 35 heavy (non-hydrogen) atoms. The Balaban J connectivity index is 1.31. The van der Waals surface area contributed by atoms with Crippen molar-refractivity contribution in [2.45, 2.75) is 119 Å². The Bertz CT molecular complexity index is 900. The van der Waals surface area contributed by atoms with E-state index in [0.29, 0.717) is 31.6 Å². The molecule has 5 unspecified atom stereocenters. The van der Waals surface area contributed by atoms with Gasteiger partial charge in [0.05, 0.1) is 35.8 Å². The standard InChI is InChI=1S/C26H42N2O6S/c1-17-16-27(26(30)34-21-10-12-33-13-11-21)25-15-20(6-9-24(25)28(17)18(2)29)19-4-3-5-23(14-19)35(31,32)22-7-8-22/h17,19-25H,3-16H2,1-2H3/t17-,19?,20?,23?,24?,25?/m0/s1. The van der Waals surface area contributed by atoms with E-state index in [-0.39, 0.29) is 46.7 Å². The van der Waals surface area contributed by atoms with Crippen LogP contribution in [-0.4, -0.2) is 84.7 Å². The first-order valence-electron chi connectivity index (χ1n) is 13.8. The molecule has 5 aliphatic rings. The van der Waals surface area contributed by atoms with Gasteiger partial charge in [-0.25, -0.2) is 13.2 Å².